The van der Waals surface area contributed by atoms with Gasteiger partial charge >= 0.3 is 0 Å². The third-order valence-corrected chi connectivity index (χ3v) is 3.81. The molecule has 0 radical (unpaired) electrons. The van der Waals surface area contributed by atoms with Crippen molar-refractivity contribution in [1.29, 1.82) is 5.26 Å². The highest BCUT2D eigenvalue weighted by Crippen LogP contribution is 2.30. The molecule has 0 amide bonds. The van der Waals surface area contributed by atoms with Crippen molar-refractivity contribution in [3.63, 3.8) is 0 Å². The first-order valence-electron chi connectivity index (χ1n) is 7.37. The van der Waals surface area contributed by atoms with E-state index in [2.05, 4.69) is 32.0 Å². The molecular weight excluding hydrogens is 277 g/mol. The molecule has 0 saturated carbocycles. The second-order valence-corrected chi connectivity index (χ2v) is 5.67. The lowest BCUT2D eigenvalue weighted by atomic mass is 9.91. The zero-order chi connectivity index (χ0) is 16.1. The zero-order valence-corrected chi connectivity index (χ0v) is 13.1. The van der Waals surface area contributed by atoms with E-state index in [1.807, 2.05) is 12.1 Å². The lowest BCUT2D eigenvalue weighted by Gasteiger charge is -2.14. The summed E-state index contributed by atoms with van der Waals surface area (Å²) in [5.74, 6) is 0.234. The summed E-state index contributed by atoms with van der Waals surface area (Å²) in [7, 11) is 1.53. The Morgan fingerprint density at radius 2 is 1.82 bits per heavy atom. The lowest BCUT2D eigenvalue weighted by Crippen LogP contribution is -2.04. The molecule has 0 heterocycles. The van der Waals surface area contributed by atoms with Crippen LogP contribution < -0.4 is 4.74 Å². The van der Waals surface area contributed by atoms with Crippen molar-refractivity contribution < 1.29 is 9.13 Å². The predicted octanol–water partition coefficient (Wildman–Crippen LogP) is 4.81. The van der Waals surface area contributed by atoms with Crippen LogP contribution >= 0.6 is 0 Å². The van der Waals surface area contributed by atoms with Crippen molar-refractivity contribution in [2.75, 3.05) is 7.11 Å². The number of hydrogen-bond acceptors (Lipinski definition) is 2. The summed E-state index contributed by atoms with van der Waals surface area (Å²) in [4.78, 5) is 0. The molecule has 0 N–H and O–H groups in total. The molecule has 3 heteroatoms. The molecule has 2 aromatic rings. The second kappa shape index (κ2) is 7.09. The number of nitriles is 1. The molecule has 114 valence electrons. The average molecular weight is 297 g/mol. The van der Waals surface area contributed by atoms with E-state index in [9.17, 15) is 9.65 Å². The van der Waals surface area contributed by atoms with Crippen LogP contribution in [-0.4, -0.2) is 7.11 Å². The van der Waals surface area contributed by atoms with Gasteiger partial charge in [0.2, 0.25) is 0 Å². The minimum absolute atomic E-state index is 0.355. The Balaban J connectivity index is 2.26. The van der Waals surface area contributed by atoms with E-state index in [1.165, 1.54) is 24.8 Å². The normalized spacial score (nSPS) is 12.0. The average Bonchev–Trinajstić information content (AvgIpc) is 2.53. The summed E-state index contributed by atoms with van der Waals surface area (Å²) in [6, 6.07) is 14.8. The number of ether oxygens (including phenoxy) is 1. The van der Waals surface area contributed by atoms with Gasteiger partial charge < -0.3 is 4.74 Å². The van der Waals surface area contributed by atoms with Crippen LogP contribution in [0.5, 0.6) is 5.75 Å². The van der Waals surface area contributed by atoms with Crippen LogP contribution in [0.25, 0.3) is 0 Å². The Labute approximate surface area is 131 Å². The Kier molecular flexibility index (Phi) is 5.16. The largest absolute Gasteiger partial charge is 0.496 e. The van der Waals surface area contributed by atoms with Crippen LogP contribution in [0, 0.1) is 17.1 Å². The van der Waals surface area contributed by atoms with E-state index in [0.29, 0.717) is 23.7 Å². The highest BCUT2D eigenvalue weighted by atomic mass is 19.1. The maximum atomic E-state index is 13.5. The fourth-order valence-corrected chi connectivity index (χ4v) is 2.48. The van der Waals surface area contributed by atoms with E-state index in [4.69, 9.17) is 4.74 Å². The van der Waals surface area contributed by atoms with Gasteiger partial charge in [-0.2, -0.15) is 5.26 Å². The number of hydrogen-bond donors (Lipinski definition) is 0. The van der Waals surface area contributed by atoms with Gasteiger partial charge in [-0.3, -0.25) is 0 Å². The molecule has 0 aromatic heterocycles. The summed E-state index contributed by atoms with van der Waals surface area (Å²) < 4.78 is 18.7. The van der Waals surface area contributed by atoms with Gasteiger partial charge in [-0.1, -0.05) is 38.1 Å². The van der Waals surface area contributed by atoms with Crippen LogP contribution in [-0.2, 0) is 6.42 Å². The Bertz CT molecular complexity index is 671. The number of nitrogens with zero attached hydrogens (tertiary/aromatic N) is 1. The molecule has 0 aliphatic carbocycles. The van der Waals surface area contributed by atoms with Crippen molar-refractivity contribution in [1.82, 2.24) is 0 Å². The van der Waals surface area contributed by atoms with E-state index >= 15 is 0 Å². The Hall–Kier alpha value is -2.34. The molecule has 1 atom stereocenters. The summed E-state index contributed by atoms with van der Waals surface area (Å²) >= 11 is 0. The van der Waals surface area contributed by atoms with Crippen LogP contribution in [0.2, 0.25) is 0 Å². The van der Waals surface area contributed by atoms with Gasteiger partial charge in [0.25, 0.3) is 0 Å². The quantitative estimate of drug-likeness (QED) is 0.793. The van der Waals surface area contributed by atoms with E-state index < -0.39 is 5.92 Å². The molecule has 0 bridgehead atoms. The molecule has 0 spiro atoms. The van der Waals surface area contributed by atoms with Gasteiger partial charge in [0.1, 0.15) is 11.6 Å². The third-order valence-electron chi connectivity index (χ3n) is 3.81. The summed E-state index contributed by atoms with van der Waals surface area (Å²) in [5, 5.41) is 9.47. The van der Waals surface area contributed by atoms with Gasteiger partial charge in [-0.25, -0.2) is 4.39 Å². The van der Waals surface area contributed by atoms with Gasteiger partial charge in [-0.05, 0) is 41.7 Å². The first-order chi connectivity index (χ1) is 10.5. The van der Waals surface area contributed by atoms with Crippen molar-refractivity contribution in [3.05, 3.63) is 65.0 Å². The van der Waals surface area contributed by atoms with Crippen molar-refractivity contribution in [3.8, 4) is 11.8 Å². The van der Waals surface area contributed by atoms with Crippen LogP contribution in [0.4, 0.5) is 4.39 Å². The Morgan fingerprint density at radius 3 is 2.36 bits per heavy atom. The van der Waals surface area contributed by atoms with E-state index in [0.717, 1.165) is 5.56 Å². The summed E-state index contributed by atoms with van der Waals surface area (Å²) in [6.07, 6.45) is 0.536. The smallest absolute Gasteiger partial charge is 0.123 e. The van der Waals surface area contributed by atoms with Crippen molar-refractivity contribution in [2.24, 2.45) is 0 Å². The number of benzene rings is 2. The minimum atomic E-state index is -0.435. The maximum absolute atomic E-state index is 13.5. The zero-order valence-electron chi connectivity index (χ0n) is 13.1. The molecule has 2 aromatic carbocycles. The van der Waals surface area contributed by atoms with E-state index in [-0.39, 0.29) is 5.82 Å². The summed E-state index contributed by atoms with van der Waals surface area (Å²) in [6.45, 7) is 4.29. The minimum Gasteiger partial charge on any atom is -0.496 e. The van der Waals surface area contributed by atoms with Crippen molar-refractivity contribution in [2.45, 2.75) is 32.1 Å². The number of halogens is 1. The molecule has 0 aliphatic heterocycles. The SMILES string of the molecule is COc1ccc(F)cc1C(C#N)Cc1ccc(C(C)C)cc1. The van der Waals surface area contributed by atoms with E-state index in [1.54, 1.807) is 6.07 Å². The second-order valence-electron chi connectivity index (χ2n) is 5.67. The fourth-order valence-electron chi connectivity index (χ4n) is 2.48. The van der Waals surface area contributed by atoms with Gasteiger partial charge in [-0.15, -0.1) is 0 Å². The van der Waals surface area contributed by atoms with Crippen molar-refractivity contribution >= 4 is 0 Å². The highest BCUT2D eigenvalue weighted by molar-refractivity contribution is 5.41. The number of rotatable bonds is 5. The topological polar surface area (TPSA) is 33.0 Å². The molecule has 0 fully saturated rings. The highest BCUT2D eigenvalue weighted by Gasteiger charge is 2.17. The Morgan fingerprint density at radius 1 is 1.14 bits per heavy atom. The summed E-state index contributed by atoms with van der Waals surface area (Å²) in [5.41, 5.74) is 2.92. The lowest BCUT2D eigenvalue weighted by molar-refractivity contribution is 0.406. The molecule has 2 rings (SSSR count). The molecule has 0 aliphatic rings. The standard InChI is InChI=1S/C19H20FNO/c1-13(2)15-6-4-14(5-7-15)10-16(12-21)18-11-17(20)8-9-19(18)22-3/h4-9,11,13,16H,10H2,1-3H3. The van der Waals surface area contributed by atoms with Gasteiger partial charge in [0, 0.05) is 5.56 Å². The monoisotopic (exact) mass is 297 g/mol. The third kappa shape index (κ3) is 3.65. The first kappa shape index (κ1) is 16.0. The number of methoxy groups -OCH3 is 1. The predicted molar refractivity (Wildman–Crippen MR) is 85.5 cm³/mol. The maximum Gasteiger partial charge on any atom is 0.123 e. The van der Waals surface area contributed by atoms with Gasteiger partial charge in [0.05, 0.1) is 19.1 Å². The molecule has 2 nitrogen and oxygen atoms in total. The van der Waals surface area contributed by atoms with Gasteiger partial charge in [0.15, 0.2) is 0 Å². The molecule has 0 saturated heterocycles. The fraction of sp³-hybridized carbons (Fsp3) is 0.316. The van der Waals surface area contributed by atoms with Crippen LogP contribution in [0.15, 0.2) is 42.5 Å². The van der Waals surface area contributed by atoms with Crippen LogP contribution in [0.3, 0.4) is 0 Å². The molecular formula is C19H20FNO. The van der Waals surface area contributed by atoms with Crippen LogP contribution in [0.1, 0.15) is 42.4 Å². The first-order valence-corrected chi connectivity index (χ1v) is 7.37. The molecule has 1 unspecified atom stereocenters. The molecule has 22 heavy (non-hydrogen) atoms.